The molecule has 96 valence electrons. The Balaban J connectivity index is 1.83. The second kappa shape index (κ2) is 5.74. The lowest BCUT2D eigenvalue weighted by atomic mass is 10.4. The summed E-state index contributed by atoms with van der Waals surface area (Å²) >= 11 is 1.40. The molecule has 0 aliphatic carbocycles. The number of nitrogens with one attached hydrogen (secondary N) is 1. The summed E-state index contributed by atoms with van der Waals surface area (Å²) in [4.78, 5) is 20.0. The summed E-state index contributed by atoms with van der Waals surface area (Å²) in [7, 11) is 0. The Labute approximate surface area is 109 Å². The van der Waals surface area contributed by atoms with Crippen molar-refractivity contribution in [3.05, 3.63) is 34.3 Å². The normalized spacial score (nSPS) is 10.6. The topological polar surface area (TPSA) is 85.8 Å². The van der Waals surface area contributed by atoms with Gasteiger partial charge >= 0.3 is 0 Å². The fraction of sp³-hybridized carbons (Fsp3) is 0.364. The minimum absolute atomic E-state index is 0.163. The largest absolute Gasteiger partial charge is 0.349 e. The van der Waals surface area contributed by atoms with Crippen LogP contribution in [-0.2, 0) is 13.1 Å². The zero-order valence-electron chi connectivity index (χ0n) is 10.1. The zero-order chi connectivity index (χ0) is 13.0. The average molecular weight is 265 g/mol. The number of imidazole rings is 1. The lowest BCUT2D eigenvalue weighted by Crippen LogP contribution is -2.27. The lowest BCUT2D eigenvalue weighted by molar-refractivity contribution is 0.0947. The van der Waals surface area contributed by atoms with E-state index in [1.165, 1.54) is 11.3 Å². The first-order chi connectivity index (χ1) is 8.70. The van der Waals surface area contributed by atoms with Gasteiger partial charge in [-0.25, -0.2) is 9.97 Å². The second-order valence-electron chi connectivity index (χ2n) is 3.75. The Bertz CT molecular complexity index is 533. The lowest BCUT2D eigenvalue weighted by Gasteiger charge is -2.05. The van der Waals surface area contributed by atoms with Crippen LogP contribution in [0.1, 0.15) is 21.3 Å². The fourth-order valence-electron chi connectivity index (χ4n) is 1.53. The third kappa shape index (κ3) is 2.93. The Hall–Kier alpha value is -1.73. The van der Waals surface area contributed by atoms with E-state index >= 15 is 0 Å². The van der Waals surface area contributed by atoms with Crippen molar-refractivity contribution in [1.82, 2.24) is 19.9 Å². The quantitative estimate of drug-likeness (QED) is 0.826. The predicted molar refractivity (Wildman–Crippen MR) is 69.3 cm³/mol. The molecule has 6 nitrogen and oxygen atoms in total. The van der Waals surface area contributed by atoms with E-state index in [0.717, 1.165) is 10.8 Å². The number of carbonyl (C=O) groups excluding carboxylic acids is 1. The third-order valence-corrected chi connectivity index (χ3v) is 3.39. The summed E-state index contributed by atoms with van der Waals surface area (Å²) in [5, 5.41) is 5.31. The first kappa shape index (κ1) is 12.7. The van der Waals surface area contributed by atoms with Gasteiger partial charge in [0.1, 0.15) is 16.5 Å². The molecule has 0 bridgehead atoms. The van der Waals surface area contributed by atoms with E-state index in [1.54, 1.807) is 11.6 Å². The van der Waals surface area contributed by atoms with Gasteiger partial charge in [-0.2, -0.15) is 0 Å². The minimum atomic E-state index is -0.163. The number of rotatable bonds is 5. The van der Waals surface area contributed by atoms with Crippen molar-refractivity contribution in [2.75, 3.05) is 6.54 Å². The smallest absolute Gasteiger partial charge is 0.270 e. The van der Waals surface area contributed by atoms with E-state index in [1.807, 2.05) is 17.7 Å². The molecule has 7 heteroatoms. The van der Waals surface area contributed by atoms with E-state index in [0.29, 0.717) is 25.3 Å². The van der Waals surface area contributed by atoms with Gasteiger partial charge < -0.3 is 15.6 Å². The van der Waals surface area contributed by atoms with Crippen LogP contribution in [0.25, 0.3) is 0 Å². The van der Waals surface area contributed by atoms with Gasteiger partial charge in [0.15, 0.2) is 0 Å². The maximum Gasteiger partial charge on any atom is 0.270 e. The van der Waals surface area contributed by atoms with Crippen molar-refractivity contribution in [2.24, 2.45) is 5.73 Å². The first-order valence-electron chi connectivity index (χ1n) is 5.61. The third-order valence-electron chi connectivity index (χ3n) is 2.52. The SMILES string of the molecule is Cc1nccn1CCNC(=O)c1csc(CN)n1. The maximum atomic E-state index is 11.8. The van der Waals surface area contributed by atoms with E-state index in [9.17, 15) is 4.79 Å². The van der Waals surface area contributed by atoms with Crippen molar-refractivity contribution in [2.45, 2.75) is 20.0 Å². The summed E-state index contributed by atoms with van der Waals surface area (Å²) in [6.45, 7) is 3.54. The number of hydrogen-bond donors (Lipinski definition) is 2. The van der Waals surface area contributed by atoms with Gasteiger partial charge in [0.2, 0.25) is 0 Å². The average Bonchev–Trinajstić information content (AvgIpc) is 2.98. The van der Waals surface area contributed by atoms with Crippen molar-refractivity contribution < 1.29 is 4.79 Å². The van der Waals surface area contributed by atoms with Crippen LogP contribution in [0.4, 0.5) is 0 Å². The van der Waals surface area contributed by atoms with Crippen LogP contribution in [0.15, 0.2) is 17.8 Å². The Morgan fingerprint density at radius 3 is 3.06 bits per heavy atom. The molecule has 18 heavy (non-hydrogen) atoms. The molecular formula is C11H15N5OS. The summed E-state index contributed by atoms with van der Waals surface area (Å²) in [6, 6.07) is 0. The summed E-state index contributed by atoms with van der Waals surface area (Å²) < 4.78 is 1.98. The molecule has 0 aliphatic rings. The van der Waals surface area contributed by atoms with E-state index in [-0.39, 0.29) is 5.91 Å². The van der Waals surface area contributed by atoms with Crippen LogP contribution in [0.3, 0.4) is 0 Å². The maximum absolute atomic E-state index is 11.8. The molecule has 0 radical (unpaired) electrons. The molecule has 0 atom stereocenters. The summed E-state index contributed by atoms with van der Waals surface area (Å²) in [6.07, 6.45) is 3.63. The molecule has 2 aromatic rings. The second-order valence-corrected chi connectivity index (χ2v) is 4.70. The number of nitrogens with zero attached hydrogens (tertiary/aromatic N) is 3. The number of aromatic nitrogens is 3. The molecule has 0 unspecified atom stereocenters. The molecule has 0 spiro atoms. The highest BCUT2D eigenvalue weighted by Gasteiger charge is 2.09. The molecule has 0 saturated heterocycles. The van der Waals surface area contributed by atoms with Gasteiger partial charge in [0, 0.05) is 37.4 Å². The Kier molecular flexibility index (Phi) is 4.06. The van der Waals surface area contributed by atoms with Gasteiger partial charge in [-0.1, -0.05) is 0 Å². The highest BCUT2D eigenvalue weighted by molar-refractivity contribution is 7.09. The number of thiazole rings is 1. The molecule has 0 aliphatic heterocycles. The number of nitrogens with two attached hydrogens (primary N) is 1. The molecule has 2 heterocycles. The zero-order valence-corrected chi connectivity index (χ0v) is 10.9. The molecule has 1 amide bonds. The van der Waals surface area contributed by atoms with Crippen molar-refractivity contribution in [3.63, 3.8) is 0 Å². The van der Waals surface area contributed by atoms with Crippen LogP contribution in [0.2, 0.25) is 0 Å². The number of amides is 1. The van der Waals surface area contributed by atoms with Crippen molar-refractivity contribution in [3.8, 4) is 0 Å². The van der Waals surface area contributed by atoms with Crippen LogP contribution < -0.4 is 11.1 Å². The van der Waals surface area contributed by atoms with Gasteiger partial charge in [-0.3, -0.25) is 4.79 Å². The molecule has 2 aromatic heterocycles. The summed E-state index contributed by atoms with van der Waals surface area (Å²) in [5.41, 5.74) is 5.88. The fourth-order valence-corrected chi connectivity index (χ4v) is 2.18. The van der Waals surface area contributed by atoms with E-state index < -0.39 is 0 Å². The highest BCUT2D eigenvalue weighted by Crippen LogP contribution is 2.08. The minimum Gasteiger partial charge on any atom is -0.349 e. The van der Waals surface area contributed by atoms with E-state index in [4.69, 9.17) is 5.73 Å². The van der Waals surface area contributed by atoms with Crippen molar-refractivity contribution >= 4 is 17.2 Å². The van der Waals surface area contributed by atoms with Gasteiger partial charge in [-0.05, 0) is 6.92 Å². The van der Waals surface area contributed by atoms with Crippen LogP contribution >= 0.6 is 11.3 Å². The van der Waals surface area contributed by atoms with Gasteiger partial charge in [-0.15, -0.1) is 11.3 Å². The molecule has 2 rings (SSSR count). The van der Waals surface area contributed by atoms with Crippen LogP contribution in [0.5, 0.6) is 0 Å². The van der Waals surface area contributed by atoms with Crippen LogP contribution in [0, 0.1) is 6.92 Å². The standard InChI is InChI=1S/C11H15N5OS/c1-8-13-2-4-16(8)5-3-14-11(17)9-7-18-10(6-12)15-9/h2,4,7H,3,5-6,12H2,1H3,(H,14,17). The molecule has 0 aromatic carbocycles. The Morgan fingerprint density at radius 2 is 2.44 bits per heavy atom. The number of hydrogen-bond acceptors (Lipinski definition) is 5. The number of carbonyl (C=O) groups is 1. The monoisotopic (exact) mass is 265 g/mol. The van der Waals surface area contributed by atoms with Crippen LogP contribution in [-0.4, -0.2) is 27.0 Å². The van der Waals surface area contributed by atoms with E-state index in [2.05, 4.69) is 15.3 Å². The molecule has 0 fully saturated rings. The van der Waals surface area contributed by atoms with Crippen molar-refractivity contribution in [1.29, 1.82) is 0 Å². The van der Waals surface area contributed by atoms with Gasteiger partial charge in [0.25, 0.3) is 5.91 Å². The first-order valence-corrected chi connectivity index (χ1v) is 6.49. The number of aryl methyl sites for hydroxylation is 1. The summed E-state index contributed by atoms with van der Waals surface area (Å²) in [5.74, 6) is 0.770. The highest BCUT2D eigenvalue weighted by atomic mass is 32.1. The molecule has 3 N–H and O–H groups in total. The Morgan fingerprint density at radius 1 is 1.61 bits per heavy atom. The molecular weight excluding hydrogens is 250 g/mol. The predicted octanol–water partition coefficient (Wildman–Crippen LogP) is 0.537. The van der Waals surface area contributed by atoms with Gasteiger partial charge in [0.05, 0.1) is 0 Å². The molecule has 0 saturated carbocycles.